The van der Waals surface area contributed by atoms with Gasteiger partial charge in [0.1, 0.15) is 6.10 Å². The van der Waals surface area contributed by atoms with Gasteiger partial charge in [0.25, 0.3) is 0 Å². The minimum atomic E-state index is -1.92. The first-order valence-corrected chi connectivity index (χ1v) is 11.6. The van der Waals surface area contributed by atoms with Crippen LogP contribution in [0.15, 0.2) is 60.7 Å². The zero-order valence-electron chi connectivity index (χ0n) is 15.8. The fourth-order valence-electron chi connectivity index (χ4n) is 2.14. The number of carbonyl (C=O) groups is 1. The largest absolute Gasteiger partial charge is 0.451 e. The van der Waals surface area contributed by atoms with E-state index in [4.69, 9.17) is 9.16 Å². The Morgan fingerprint density at radius 1 is 0.960 bits per heavy atom. The van der Waals surface area contributed by atoms with Gasteiger partial charge in [-0.15, -0.1) is 0 Å². The van der Waals surface area contributed by atoms with E-state index in [1.807, 2.05) is 48.5 Å². The number of hydrogen-bond donors (Lipinski definition) is 0. The van der Waals surface area contributed by atoms with Crippen LogP contribution in [0.2, 0.25) is 18.1 Å². The number of rotatable bonds is 6. The maximum absolute atomic E-state index is 12.5. The fourth-order valence-corrected chi connectivity index (χ4v) is 3.14. The lowest BCUT2D eigenvalue weighted by atomic mass is 10.1. The Balaban J connectivity index is 2.16. The summed E-state index contributed by atoms with van der Waals surface area (Å²) >= 11 is 0. The molecule has 0 aromatic heterocycles. The lowest BCUT2D eigenvalue weighted by Gasteiger charge is -2.37. The highest BCUT2D eigenvalue weighted by Crippen LogP contribution is 2.37. The van der Waals surface area contributed by atoms with E-state index in [0.29, 0.717) is 12.2 Å². The zero-order valence-corrected chi connectivity index (χ0v) is 16.8. The van der Waals surface area contributed by atoms with Crippen LogP contribution in [0.5, 0.6) is 0 Å². The van der Waals surface area contributed by atoms with Crippen LogP contribution in [0, 0.1) is 0 Å². The molecule has 0 heterocycles. The molecule has 1 atom stereocenters. The second-order valence-corrected chi connectivity index (χ2v) is 12.6. The van der Waals surface area contributed by atoms with Crippen molar-refractivity contribution >= 4 is 14.3 Å². The van der Waals surface area contributed by atoms with Crippen LogP contribution >= 0.6 is 0 Å². The highest BCUT2D eigenvalue weighted by atomic mass is 28.4. The van der Waals surface area contributed by atoms with Crippen molar-refractivity contribution in [1.29, 1.82) is 0 Å². The van der Waals surface area contributed by atoms with Gasteiger partial charge in [0.2, 0.25) is 0 Å². The fraction of sp³-hybridized carbons (Fsp3) is 0.381. The summed E-state index contributed by atoms with van der Waals surface area (Å²) in [6.45, 7) is 11.4. The monoisotopic (exact) mass is 356 g/mol. The van der Waals surface area contributed by atoms with Crippen LogP contribution < -0.4 is 0 Å². The van der Waals surface area contributed by atoms with Crippen LogP contribution in [0.3, 0.4) is 0 Å². The molecule has 0 amide bonds. The molecule has 0 N–H and O–H groups in total. The molecule has 0 fully saturated rings. The molecular formula is C21H28O3Si. The van der Waals surface area contributed by atoms with Gasteiger partial charge in [0, 0.05) is 0 Å². The molecule has 2 aromatic rings. The Bertz CT molecular complexity index is 675. The molecular weight excluding hydrogens is 328 g/mol. The van der Waals surface area contributed by atoms with Gasteiger partial charge in [-0.25, -0.2) is 4.79 Å². The van der Waals surface area contributed by atoms with Crippen molar-refractivity contribution in [2.75, 3.05) is 6.61 Å². The van der Waals surface area contributed by atoms with Gasteiger partial charge < -0.3 is 9.16 Å². The Morgan fingerprint density at radius 3 is 2.00 bits per heavy atom. The molecule has 0 aliphatic carbocycles. The summed E-state index contributed by atoms with van der Waals surface area (Å²) in [6.07, 6.45) is -0.414. The number of carbonyl (C=O) groups excluding carboxylic acids is 1. The van der Waals surface area contributed by atoms with E-state index in [9.17, 15) is 4.79 Å². The molecule has 0 aliphatic heterocycles. The molecule has 2 aromatic carbocycles. The maximum Gasteiger partial charge on any atom is 0.338 e. The number of hydrogen-bond acceptors (Lipinski definition) is 3. The van der Waals surface area contributed by atoms with E-state index < -0.39 is 14.4 Å². The number of benzene rings is 2. The molecule has 4 heteroatoms. The SMILES string of the molecule is CC(C)(C)[Si](C)(C)OCC(OC(=O)c1ccccc1)c1ccccc1. The van der Waals surface area contributed by atoms with E-state index in [0.717, 1.165) is 5.56 Å². The minimum Gasteiger partial charge on any atom is -0.451 e. The highest BCUT2D eigenvalue weighted by Gasteiger charge is 2.38. The van der Waals surface area contributed by atoms with Crippen molar-refractivity contribution in [2.24, 2.45) is 0 Å². The number of esters is 1. The van der Waals surface area contributed by atoms with Crippen molar-refractivity contribution in [2.45, 2.75) is 45.0 Å². The molecule has 134 valence electrons. The first kappa shape index (κ1) is 19.4. The zero-order chi connectivity index (χ0) is 18.5. The number of ether oxygens (including phenoxy) is 1. The quantitative estimate of drug-likeness (QED) is 0.499. The van der Waals surface area contributed by atoms with E-state index in [2.05, 4.69) is 33.9 Å². The van der Waals surface area contributed by atoms with Gasteiger partial charge in [-0.3, -0.25) is 0 Å². The molecule has 3 nitrogen and oxygen atoms in total. The predicted octanol–water partition coefficient (Wildman–Crippen LogP) is 5.61. The van der Waals surface area contributed by atoms with Crippen LogP contribution in [0.25, 0.3) is 0 Å². The standard InChI is InChI=1S/C21H28O3Si/c1-21(2,3)25(4,5)23-16-19(17-12-8-6-9-13-17)24-20(22)18-14-10-7-11-15-18/h6-15,19H,16H2,1-5H3. The van der Waals surface area contributed by atoms with Gasteiger partial charge in [-0.1, -0.05) is 69.3 Å². The second-order valence-electron chi connectivity index (χ2n) is 7.74. The van der Waals surface area contributed by atoms with Crippen molar-refractivity contribution in [3.05, 3.63) is 71.8 Å². The summed E-state index contributed by atoms with van der Waals surface area (Å²) < 4.78 is 12.1. The summed E-state index contributed by atoms with van der Waals surface area (Å²) in [5, 5.41) is 0.109. The van der Waals surface area contributed by atoms with E-state index in [1.54, 1.807) is 12.1 Å². The Hall–Kier alpha value is -1.91. The van der Waals surface area contributed by atoms with Gasteiger partial charge in [0.15, 0.2) is 8.32 Å². The van der Waals surface area contributed by atoms with E-state index in [1.165, 1.54) is 0 Å². The maximum atomic E-state index is 12.5. The van der Waals surface area contributed by atoms with Crippen molar-refractivity contribution < 1.29 is 14.0 Å². The predicted molar refractivity (Wildman–Crippen MR) is 104 cm³/mol. The topological polar surface area (TPSA) is 35.5 Å². The highest BCUT2D eigenvalue weighted by molar-refractivity contribution is 6.74. The lowest BCUT2D eigenvalue weighted by molar-refractivity contribution is 0.0150. The third kappa shape index (κ3) is 5.28. The summed E-state index contributed by atoms with van der Waals surface area (Å²) in [5.41, 5.74) is 1.50. The minimum absolute atomic E-state index is 0.109. The average molecular weight is 357 g/mol. The van der Waals surface area contributed by atoms with Crippen molar-refractivity contribution in [1.82, 2.24) is 0 Å². The molecule has 0 saturated heterocycles. The molecule has 0 aliphatic rings. The molecule has 25 heavy (non-hydrogen) atoms. The van der Waals surface area contributed by atoms with Crippen LogP contribution in [-0.4, -0.2) is 20.9 Å². The Morgan fingerprint density at radius 2 is 1.48 bits per heavy atom. The second kappa shape index (κ2) is 7.98. The molecule has 0 spiro atoms. The van der Waals surface area contributed by atoms with Gasteiger partial charge in [0.05, 0.1) is 12.2 Å². The molecule has 1 unspecified atom stereocenters. The summed E-state index contributed by atoms with van der Waals surface area (Å²) in [6, 6.07) is 18.9. The van der Waals surface area contributed by atoms with Crippen LogP contribution in [0.4, 0.5) is 0 Å². The molecule has 0 bridgehead atoms. The Kier molecular flexibility index (Phi) is 6.19. The third-order valence-corrected chi connectivity index (χ3v) is 9.33. The van der Waals surface area contributed by atoms with Crippen molar-refractivity contribution in [3.63, 3.8) is 0 Å². The van der Waals surface area contributed by atoms with Gasteiger partial charge in [-0.2, -0.15) is 0 Å². The van der Waals surface area contributed by atoms with Crippen molar-refractivity contribution in [3.8, 4) is 0 Å². The average Bonchev–Trinajstić information content (AvgIpc) is 2.59. The molecule has 0 saturated carbocycles. The smallest absolute Gasteiger partial charge is 0.338 e. The lowest BCUT2D eigenvalue weighted by Crippen LogP contribution is -2.42. The summed E-state index contributed by atoms with van der Waals surface area (Å²) in [5.74, 6) is -0.326. The molecule has 2 rings (SSSR count). The normalized spacial score (nSPS) is 13.3. The summed E-state index contributed by atoms with van der Waals surface area (Å²) in [4.78, 5) is 12.5. The third-order valence-electron chi connectivity index (χ3n) is 4.83. The van der Waals surface area contributed by atoms with E-state index in [-0.39, 0.29) is 11.0 Å². The van der Waals surface area contributed by atoms with Gasteiger partial charge in [-0.05, 0) is 35.8 Å². The summed E-state index contributed by atoms with van der Waals surface area (Å²) in [7, 11) is -1.92. The molecule has 0 radical (unpaired) electrons. The first-order chi connectivity index (χ1) is 11.7. The van der Waals surface area contributed by atoms with Gasteiger partial charge >= 0.3 is 5.97 Å². The van der Waals surface area contributed by atoms with Crippen LogP contribution in [-0.2, 0) is 9.16 Å². The first-order valence-electron chi connectivity index (χ1n) is 8.66. The Labute approximate surface area is 152 Å². The van der Waals surface area contributed by atoms with Crippen LogP contribution in [0.1, 0.15) is 42.8 Å². The van der Waals surface area contributed by atoms with E-state index >= 15 is 0 Å².